The molecule has 0 bridgehead atoms. The summed E-state index contributed by atoms with van der Waals surface area (Å²) in [7, 11) is 0. The summed E-state index contributed by atoms with van der Waals surface area (Å²) in [6, 6.07) is 7.79. The van der Waals surface area contributed by atoms with Gasteiger partial charge in [0.25, 0.3) is 5.56 Å². The summed E-state index contributed by atoms with van der Waals surface area (Å²) in [4.78, 5) is 31.6. The zero-order chi connectivity index (χ0) is 18.7. The van der Waals surface area contributed by atoms with Crippen LogP contribution in [0.5, 0.6) is 0 Å². The van der Waals surface area contributed by atoms with Crippen LogP contribution in [0.2, 0.25) is 0 Å². The van der Waals surface area contributed by atoms with E-state index in [1.165, 1.54) is 18.0 Å². The minimum absolute atomic E-state index is 0.283. The van der Waals surface area contributed by atoms with Crippen LogP contribution in [-0.2, 0) is 9.53 Å². The Kier molecular flexibility index (Phi) is 5.41. The number of nitrogens with one attached hydrogen (secondary N) is 1. The van der Waals surface area contributed by atoms with Crippen LogP contribution in [0, 0.1) is 6.92 Å². The van der Waals surface area contributed by atoms with Crippen molar-refractivity contribution in [2.75, 3.05) is 6.61 Å². The Morgan fingerprint density at radius 3 is 2.69 bits per heavy atom. The van der Waals surface area contributed by atoms with Crippen molar-refractivity contribution in [1.29, 1.82) is 0 Å². The lowest BCUT2D eigenvalue weighted by Gasteiger charge is -2.12. The lowest BCUT2D eigenvalue weighted by atomic mass is 10.2. The molecule has 0 saturated carbocycles. The number of H-pyrrole nitrogens is 1. The number of ether oxygens (including phenoxy) is 1. The number of carbonyl (C=O) groups is 1. The summed E-state index contributed by atoms with van der Waals surface area (Å²) < 4.78 is 6.70. The third-order valence-electron chi connectivity index (χ3n) is 3.87. The topological polar surface area (TPSA) is 89.9 Å². The number of benzene rings is 1. The predicted molar refractivity (Wildman–Crippen MR) is 101 cm³/mol. The van der Waals surface area contributed by atoms with E-state index in [9.17, 15) is 9.59 Å². The van der Waals surface area contributed by atoms with Gasteiger partial charge in [0, 0.05) is 0 Å². The first kappa shape index (κ1) is 18.2. The number of thioether (sulfide) groups is 1. The van der Waals surface area contributed by atoms with E-state index >= 15 is 0 Å². The lowest BCUT2D eigenvalue weighted by molar-refractivity contribution is -0.142. The Hall–Kier alpha value is -2.61. The molecule has 0 saturated heterocycles. The molecule has 3 aromatic rings. The molecule has 0 radical (unpaired) electrons. The van der Waals surface area contributed by atoms with Crippen LogP contribution in [0.1, 0.15) is 25.8 Å². The zero-order valence-electron chi connectivity index (χ0n) is 14.9. The number of nitrogens with zero attached hydrogens (tertiary/aromatic N) is 3. The quantitative estimate of drug-likeness (QED) is 0.406. The number of aryl methyl sites for hydroxylation is 1. The predicted octanol–water partition coefficient (Wildman–Crippen LogP) is 2.85. The molecule has 2 heterocycles. The fourth-order valence-electron chi connectivity index (χ4n) is 2.50. The van der Waals surface area contributed by atoms with Gasteiger partial charge < -0.3 is 9.72 Å². The standard InChI is InChI=1S/C18H20N4O3S/c1-4-14(17(24)25-5-2)26-18-20-15-13(16(23)21-18)10-19-22(15)12-8-6-11(3)7-9-12/h6-10,14H,4-5H2,1-3H3,(H,20,21,23)/t14-/m0/s1. The van der Waals surface area contributed by atoms with Gasteiger partial charge in [0.1, 0.15) is 10.6 Å². The Bertz CT molecular complexity index is 978. The van der Waals surface area contributed by atoms with Gasteiger partial charge in [-0.15, -0.1) is 0 Å². The summed E-state index contributed by atoms with van der Waals surface area (Å²) in [6.45, 7) is 5.98. The Morgan fingerprint density at radius 1 is 1.31 bits per heavy atom. The maximum atomic E-state index is 12.4. The van der Waals surface area contributed by atoms with Gasteiger partial charge in [-0.05, 0) is 32.4 Å². The van der Waals surface area contributed by atoms with Crippen molar-refractivity contribution in [3.05, 3.63) is 46.4 Å². The van der Waals surface area contributed by atoms with Crippen LogP contribution in [0.4, 0.5) is 0 Å². The second-order valence-electron chi connectivity index (χ2n) is 5.77. The third kappa shape index (κ3) is 3.65. The van der Waals surface area contributed by atoms with Crippen molar-refractivity contribution in [3.63, 3.8) is 0 Å². The van der Waals surface area contributed by atoms with E-state index in [1.54, 1.807) is 11.6 Å². The van der Waals surface area contributed by atoms with Crippen molar-refractivity contribution in [1.82, 2.24) is 19.7 Å². The van der Waals surface area contributed by atoms with Crippen LogP contribution in [0.25, 0.3) is 16.7 Å². The normalized spacial score (nSPS) is 12.3. The highest BCUT2D eigenvalue weighted by Gasteiger charge is 2.21. The molecule has 0 spiro atoms. The molecule has 7 nitrogen and oxygen atoms in total. The SMILES string of the molecule is CCOC(=O)[C@H](CC)Sc1nc2c(cnn2-c2ccc(C)cc2)c(=O)[nH]1. The number of hydrogen-bond acceptors (Lipinski definition) is 6. The van der Waals surface area contributed by atoms with Crippen LogP contribution in [0.15, 0.2) is 40.4 Å². The summed E-state index contributed by atoms with van der Waals surface area (Å²) in [5.74, 6) is -0.310. The van der Waals surface area contributed by atoms with Crippen LogP contribution < -0.4 is 5.56 Å². The molecule has 1 N–H and O–H groups in total. The number of esters is 1. The molecule has 0 fully saturated rings. The molecule has 0 aliphatic rings. The molecule has 0 aliphatic heterocycles. The monoisotopic (exact) mass is 372 g/mol. The van der Waals surface area contributed by atoms with Gasteiger partial charge in [-0.1, -0.05) is 36.4 Å². The van der Waals surface area contributed by atoms with Gasteiger partial charge in [0.05, 0.1) is 18.5 Å². The molecule has 8 heteroatoms. The number of aromatic amines is 1. The molecular weight excluding hydrogens is 352 g/mol. The van der Waals surface area contributed by atoms with Crippen molar-refractivity contribution in [3.8, 4) is 5.69 Å². The molecule has 0 amide bonds. The summed E-state index contributed by atoms with van der Waals surface area (Å²) in [5.41, 5.74) is 2.12. The van der Waals surface area contributed by atoms with E-state index < -0.39 is 5.25 Å². The highest BCUT2D eigenvalue weighted by atomic mass is 32.2. The average Bonchev–Trinajstić information content (AvgIpc) is 3.05. The molecule has 136 valence electrons. The van der Waals surface area contributed by atoms with Crippen molar-refractivity contribution in [2.24, 2.45) is 0 Å². The highest BCUT2D eigenvalue weighted by Crippen LogP contribution is 2.24. The molecule has 26 heavy (non-hydrogen) atoms. The smallest absolute Gasteiger partial charge is 0.319 e. The fourth-order valence-corrected chi connectivity index (χ4v) is 3.39. The molecule has 0 aliphatic carbocycles. The molecule has 1 atom stereocenters. The molecule has 2 aromatic heterocycles. The average molecular weight is 372 g/mol. The van der Waals surface area contributed by atoms with E-state index in [0.717, 1.165) is 11.3 Å². The van der Waals surface area contributed by atoms with E-state index in [0.29, 0.717) is 29.2 Å². The van der Waals surface area contributed by atoms with Gasteiger partial charge in [0.2, 0.25) is 0 Å². The minimum atomic E-state index is -0.425. The van der Waals surface area contributed by atoms with Crippen molar-refractivity contribution >= 4 is 28.8 Å². The first-order chi connectivity index (χ1) is 12.5. The largest absolute Gasteiger partial charge is 0.465 e. The van der Waals surface area contributed by atoms with E-state index in [2.05, 4.69) is 15.1 Å². The van der Waals surface area contributed by atoms with Gasteiger partial charge in [-0.2, -0.15) is 5.10 Å². The first-order valence-electron chi connectivity index (χ1n) is 8.41. The van der Waals surface area contributed by atoms with E-state index in [1.807, 2.05) is 38.1 Å². The number of carbonyl (C=O) groups excluding carboxylic acids is 1. The van der Waals surface area contributed by atoms with Crippen molar-refractivity contribution in [2.45, 2.75) is 37.6 Å². The minimum Gasteiger partial charge on any atom is -0.465 e. The first-order valence-corrected chi connectivity index (χ1v) is 9.29. The molecule has 3 rings (SSSR count). The third-order valence-corrected chi connectivity index (χ3v) is 5.10. The van der Waals surface area contributed by atoms with Gasteiger partial charge >= 0.3 is 5.97 Å². The van der Waals surface area contributed by atoms with Gasteiger partial charge in [-0.25, -0.2) is 9.67 Å². The molecule has 0 unspecified atom stereocenters. The Morgan fingerprint density at radius 2 is 2.04 bits per heavy atom. The zero-order valence-corrected chi connectivity index (χ0v) is 15.7. The number of fused-ring (bicyclic) bond motifs is 1. The van der Waals surface area contributed by atoms with Crippen molar-refractivity contribution < 1.29 is 9.53 Å². The van der Waals surface area contributed by atoms with Crippen LogP contribution in [-0.4, -0.2) is 37.6 Å². The summed E-state index contributed by atoms with van der Waals surface area (Å²) in [5, 5.41) is 4.64. The number of hydrogen-bond donors (Lipinski definition) is 1. The number of aromatic nitrogens is 4. The highest BCUT2D eigenvalue weighted by molar-refractivity contribution is 8.00. The summed E-state index contributed by atoms with van der Waals surface area (Å²) in [6.07, 6.45) is 2.07. The van der Waals surface area contributed by atoms with Gasteiger partial charge in [-0.3, -0.25) is 9.59 Å². The second-order valence-corrected chi connectivity index (χ2v) is 6.96. The molecule has 1 aromatic carbocycles. The van der Waals surface area contributed by atoms with Crippen LogP contribution in [0.3, 0.4) is 0 Å². The maximum absolute atomic E-state index is 12.4. The van der Waals surface area contributed by atoms with Crippen LogP contribution >= 0.6 is 11.8 Å². The Balaban J connectivity index is 2.00. The molecular formula is C18H20N4O3S. The fraction of sp³-hybridized carbons (Fsp3) is 0.333. The number of rotatable bonds is 6. The second kappa shape index (κ2) is 7.74. The maximum Gasteiger partial charge on any atom is 0.319 e. The van der Waals surface area contributed by atoms with E-state index in [-0.39, 0.29) is 11.5 Å². The summed E-state index contributed by atoms with van der Waals surface area (Å²) >= 11 is 1.19. The van der Waals surface area contributed by atoms with Gasteiger partial charge in [0.15, 0.2) is 10.8 Å². The van der Waals surface area contributed by atoms with E-state index in [4.69, 9.17) is 4.74 Å². The lowest BCUT2D eigenvalue weighted by Crippen LogP contribution is -2.20. The Labute approximate surface area is 154 Å².